The smallest absolute Gasteiger partial charge is 0.234 e. The zero-order valence-corrected chi connectivity index (χ0v) is 24.6. The lowest BCUT2D eigenvalue weighted by Gasteiger charge is -2.32. The largest absolute Gasteiger partial charge is 0.395 e. The number of rotatable bonds is 11. The minimum absolute atomic E-state index is 0.00724. The molecule has 1 fully saturated rings. The predicted molar refractivity (Wildman–Crippen MR) is 164 cm³/mol. The highest BCUT2D eigenvalue weighted by Crippen LogP contribution is 2.39. The molecule has 208 valence electrons. The molecule has 1 amide bonds. The molecule has 8 nitrogen and oxygen atoms in total. The number of halogens is 1. The molecule has 0 radical (unpaired) electrons. The SMILES string of the molecule is C=N/C(NCc1cccc2c1C(C)(C)C(=O)N2)=C(Br)\C=N/CNc1ccc(C2CCN(CCO)CC2)cc1C. The van der Waals surface area contributed by atoms with E-state index in [9.17, 15) is 4.79 Å². The highest BCUT2D eigenvalue weighted by Gasteiger charge is 2.39. The fourth-order valence-corrected chi connectivity index (χ4v) is 5.88. The summed E-state index contributed by atoms with van der Waals surface area (Å²) in [6, 6.07) is 12.5. The number of hydrogen-bond donors (Lipinski definition) is 4. The van der Waals surface area contributed by atoms with Crippen LogP contribution in [0.2, 0.25) is 0 Å². The topological polar surface area (TPSA) is 101 Å². The van der Waals surface area contributed by atoms with Gasteiger partial charge in [-0.05, 0) is 110 Å². The number of aryl methyl sites for hydroxylation is 1. The van der Waals surface area contributed by atoms with Crippen molar-refractivity contribution < 1.29 is 9.90 Å². The Bertz CT molecular complexity index is 1260. The summed E-state index contributed by atoms with van der Waals surface area (Å²) < 4.78 is 0.694. The number of piperidine rings is 1. The summed E-state index contributed by atoms with van der Waals surface area (Å²) in [5.74, 6) is 1.16. The second kappa shape index (κ2) is 12.9. The number of benzene rings is 2. The second-order valence-corrected chi connectivity index (χ2v) is 11.5. The van der Waals surface area contributed by atoms with Crippen molar-refractivity contribution in [3.8, 4) is 0 Å². The standard InChI is InChI=1S/C30H39BrN6O2/c1-20-16-22(21-10-12-37(13-11-21)14-15-38)8-9-25(20)35-19-33-18-24(31)28(32-4)34-17-23-6-5-7-26-27(23)30(2,3)29(39)36-26/h5-9,16,18,21,34-35,38H,4,10-15,17,19H2,1-3H3,(H,36,39)/b28-24-,33-18-. The molecule has 2 heterocycles. The van der Waals surface area contributed by atoms with Crippen LogP contribution in [0.5, 0.6) is 0 Å². The number of anilines is 2. The number of aliphatic hydroxyl groups excluding tert-OH is 1. The van der Waals surface area contributed by atoms with Gasteiger partial charge in [-0.3, -0.25) is 9.79 Å². The number of aliphatic imine (C=N–C) groups is 2. The van der Waals surface area contributed by atoms with Crippen LogP contribution in [0.15, 0.2) is 56.7 Å². The Kier molecular flexibility index (Phi) is 9.58. The average molecular weight is 596 g/mol. The van der Waals surface area contributed by atoms with Crippen molar-refractivity contribution in [3.63, 3.8) is 0 Å². The molecule has 0 unspecified atom stereocenters. The van der Waals surface area contributed by atoms with E-state index in [1.54, 1.807) is 6.21 Å². The summed E-state index contributed by atoms with van der Waals surface area (Å²) in [6.45, 7) is 13.7. The summed E-state index contributed by atoms with van der Waals surface area (Å²) >= 11 is 3.56. The first kappa shape index (κ1) is 29.0. The molecule has 39 heavy (non-hydrogen) atoms. The second-order valence-electron chi connectivity index (χ2n) is 10.7. The van der Waals surface area contributed by atoms with E-state index in [-0.39, 0.29) is 12.5 Å². The van der Waals surface area contributed by atoms with Gasteiger partial charge in [-0.1, -0.05) is 24.3 Å². The first-order chi connectivity index (χ1) is 18.7. The third kappa shape index (κ3) is 6.77. The maximum atomic E-state index is 12.4. The van der Waals surface area contributed by atoms with Crippen LogP contribution in [0.4, 0.5) is 11.4 Å². The van der Waals surface area contributed by atoms with Crippen LogP contribution >= 0.6 is 15.9 Å². The van der Waals surface area contributed by atoms with E-state index < -0.39 is 5.41 Å². The summed E-state index contributed by atoms with van der Waals surface area (Å²) in [4.78, 5) is 23.4. The third-order valence-corrected chi connectivity index (χ3v) is 8.29. The average Bonchev–Trinajstić information content (AvgIpc) is 3.16. The van der Waals surface area contributed by atoms with E-state index in [4.69, 9.17) is 5.11 Å². The molecule has 0 atom stereocenters. The number of amides is 1. The van der Waals surface area contributed by atoms with Crippen LogP contribution < -0.4 is 16.0 Å². The Hall–Kier alpha value is -3.01. The van der Waals surface area contributed by atoms with Crippen molar-refractivity contribution in [2.24, 2.45) is 9.98 Å². The van der Waals surface area contributed by atoms with Crippen LogP contribution in [0.3, 0.4) is 0 Å². The number of carbonyl (C=O) groups excluding carboxylic acids is 1. The summed E-state index contributed by atoms with van der Waals surface area (Å²) in [5.41, 5.74) is 5.97. The van der Waals surface area contributed by atoms with Gasteiger partial charge in [0.25, 0.3) is 0 Å². The van der Waals surface area contributed by atoms with Crippen LogP contribution in [-0.4, -0.2) is 61.8 Å². The number of nitrogens with one attached hydrogen (secondary N) is 3. The van der Waals surface area contributed by atoms with Gasteiger partial charge in [-0.2, -0.15) is 0 Å². The quantitative estimate of drug-likeness (QED) is 0.277. The molecule has 4 rings (SSSR count). The van der Waals surface area contributed by atoms with E-state index in [1.165, 1.54) is 11.1 Å². The summed E-state index contributed by atoms with van der Waals surface area (Å²) in [7, 11) is 0. The number of β-amino-alcohol motifs (C(OH)–C–C–N with tert-alkyl or cyclic N) is 1. The number of likely N-dealkylation sites (tertiary alicyclic amines) is 1. The fraction of sp³-hybridized carbons (Fsp3) is 0.433. The molecule has 9 heteroatoms. The maximum Gasteiger partial charge on any atom is 0.234 e. The zero-order chi connectivity index (χ0) is 28.0. The number of hydrogen-bond acceptors (Lipinski definition) is 7. The van der Waals surface area contributed by atoms with Crippen molar-refractivity contribution in [1.29, 1.82) is 0 Å². The van der Waals surface area contributed by atoms with E-state index in [2.05, 4.69) is 78.6 Å². The predicted octanol–water partition coefficient (Wildman–Crippen LogP) is 4.89. The molecule has 0 bridgehead atoms. The lowest BCUT2D eigenvalue weighted by Crippen LogP contribution is -2.34. The van der Waals surface area contributed by atoms with E-state index >= 15 is 0 Å². The van der Waals surface area contributed by atoms with E-state index in [1.807, 2.05) is 32.0 Å². The fourth-order valence-electron chi connectivity index (χ4n) is 5.46. The number of aliphatic hydroxyl groups is 1. The molecule has 0 aliphatic carbocycles. The minimum Gasteiger partial charge on any atom is -0.395 e. The molecular formula is C30H39BrN6O2. The summed E-state index contributed by atoms with van der Waals surface area (Å²) in [5, 5.41) is 18.8. The highest BCUT2D eigenvalue weighted by atomic mass is 79.9. The first-order valence-corrected chi connectivity index (χ1v) is 14.3. The number of carbonyl (C=O) groups is 1. The van der Waals surface area contributed by atoms with Crippen molar-refractivity contribution in [2.75, 3.05) is 43.5 Å². The Morgan fingerprint density at radius 3 is 2.74 bits per heavy atom. The summed E-state index contributed by atoms with van der Waals surface area (Å²) in [6.07, 6.45) is 3.98. The zero-order valence-electron chi connectivity index (χ0n) is 23.1. The first-order valence-electron chi connectivity index (χ1n) is 13.5. The Morgan fingerprint density at radius 2 is 2.05 bits per heavy atom. The van der Waals surface area contributed by atoms with Crippen LogP contribution in [-0.2, 0) is 16.8 Å². The van der Waals surface area contributed by atoms with Crippen LogP contribution in [0.25, 0.3) is 0 Å². The molecular weight excluding hydrogens is 556 g/mol. The van der Waals surface area contributed by atoms with Crippen LogP contribution in [0.1, 0.15) is 54.9 Å². The van der Waals surface area contributed by atoms with Crippen LogP contribution in [0, 0.1) is 6.92 Å². The van der Waals surface area contributed by atoms with E-state index in [0.29, 0.717) is 29.4 Å². The number of nitrogens with zero attached hydrogens (tertiary/aromatic N) is 3. The van der Waals surface area contributed by atoms with Crippen molar-refractivity contribution >= 4 is 46.1 Å². The van der Waals surface area contributed by atoms with Gasteiger partial charge >= 0.3 is 0 Å². The van der Waals surface area contributed by atoms with Gasteiger partial charge in [0.05, 0.1) is 16.5 Å². The molecule has 2 aliphatic heterocycles. The number of fused-ring (bicyclic) bond motifs is 1. The van der Waals surface area contributed by atoms with Gasteiger partial charge < -0.3 is 26.0 Å². The number of allylic oxidation sites excluding steroid dienone is 1. The van der Waals surface area contributed by atoms with Crippen molar-refractivity contribution in [3.05, 3.63) is 69.0 Å². The van der Waals surface area contributed by atoms with Crippen molar-refractivity contribution in [1.82, 2.24) is 10.2 Å². The molecule has 0 spiro atoms. The normalized spacial score (nSPS) is 18.0. The molecule has 0 saturated carbocycles. The van der Waals surface area contributed by atoms with Gasteiger partial charge in [-0.15, -0.1) is 0 Å². The highest BCUT2D eigenvalue weighted by molar-refractivity contribution is 9.12. The lowest BCUT2D eigenvalue weighted by molar-refractivity contribution is -0.119. The van der Waals surface area contributed by atoms with Gasteiger partial charge in [0, 0.05) is 30.7 Å². The Labute approximate surface area is 239 Å². The van der Waals surface area contributed by atoms with Gasteiger partial charge in [0.1, 0.15) is 12.5 Å². The molecule has 1 saturated heterocycles. The Balaban J connectivity index is 1.32. The van der Waals surface area contributed by atoms with E-state index in [0.717, 1.165) is 55.0 Å². The van der Waals surface area contributed by atoms with Gasteiger partial charge in [0.2, 0.25) is 5.91 Å². The van der Waals surface area contributed by atoms with Gasteiger partial charge in [0.15, 0.2) is 0 Å². The minimum atomic E-state index is -0.586. The van der Waals surface area contributed by atoms with Crippen molar-refractivity contribution in [2.45, 2.75) is 51.5 Å². The molecule has 2 aromatic carbocycles. The maximum absolute atomic E-state index is 12.4. The lowest BCUT2D eigenvalue weighted by atomic mass is 9.83. The molecule has 2 aromatic rings. The third-order valence-electron chi connectivity index (χ3n) is 7.71. The molecule has 4 N–H and O–H groups in total. The molecule has 0 aromatic heterocycles. The monoisotopic (exact) mass is 594 g/mol. The Morgan fingerprint density at radius 1 is 1.28 bits per heavy atom. The van der Waals surface area contributed by atoms with Gasteiger partial charge in [-0.25, -0.2) is 4.99 Å². The molecule has 2 aliphatic rings.